The first-order chi connectivity index (χ1) is 14.9. The van der Waals surface area contributed by atoms with Crippen molar-refractivity contribution in [3.63, 3.8) is 0 Å². The number of nitrogens with one attached hydrogen (secondary N) is 2. The van der Waals surface area contributed by atoms with Gasteiger partial charge >= 0.3 is 6.18 Å². The molecule has 2 aliphatic heterocycles. The van der Waals surface area contributed by atoms with Crippen molar-refractivity contribution in [2.24, 2.45) is 4.99 Å². The maximum absolute atomic E-state index is 13.3. The average molecular weight is 570 g/mol. The fourth-order valence-corrected chi connectivity index (χ4v) is 3.82. The number of guanidine groups is 1. The summed E-state index contributed by atoms with van der Waals surface area (Å²) in [6.45, 7) is 8.50. The van der Waals surface area contributed by atoms with Crippen molar-refractivity contribution in [1.29, 1.82) is 0 Å². The Bertz CT molecular complexity index is 735. The quantitative estimate of drug-likeness (QED) is 0.311. The zero-order chi connectivity index (χ0) is 22.3. The first-order valence-electron chi connectivity index (χ1n) is 10.7. The smallest absolute Gasteiger partial charge is 0.379 e. The largest absolute Gasteiger partial charge is 0.416 e. The lowest BCUT2D eigenvalue weighted by Gasteiger charge is -2.35. The standard InChI is InChI=1S/C21H33F3N6O.HI/c1-25-20(26-5-6-29-11-13-31-14-12-29)27-16-17-15-18(21(22,23)24)3-4-19(17)30-9-7-28(2)8-10-30;/h3-4,15H,5-14,16H2,1-2H3,(H2,25,26,27);1H. The van der Waals surface area contributed by atoms with E-state index in [1.54, 1.807) is 13.1 Å². The number of piperazine rings is 1. The maximum atomic E-state index is 13.3. The minimum atomic E-state index is -4.37. The van der Waals surface area contributed by atoms with Crippen LogP contribution in [0, 0.1) is 0 Å². The second-order valence-corrected chi connectivity index (χ2v) is 7.94. The van der Waals surface area contributed by atoms with Crippen LogP contribution in [0.25, 0.3) is 0 Å². The molecule has 0 amide bonds. The predicted octanol–water partition coefficient (Wildman–Crippen LogP) is 2.07. The monoisotopic (exact) mass is 570 g/mol. The molecule has 0 saturated carbocycles. The van der Waals surface area contributed by atoms with E-state index in [9.17, 15) is 13.2 Å². The number of benzene rings is 1. The molecule has 2 N–H and O–H groups in total. The van der Waals surface area contributed by atoms with Crippen LogP contribution in [0.3, 0.4) is 0 Å². The molecule has 2 aliphatic rings. The topological polar surface area (TPSA) is 55.4 Å². The highest BCUT2D eigenvalue weighted by molar-refractivity contribution is 14.0. The number of hydrogen-bond donors (Lipinski definition) is 2. The zero-order valence-corrected chi connectivity index (χ0v) is 21.1. The van der Waals surface area contributed by atoms with E-state index in [0.717, 1.165) is 64.7 Å². The highest BCUT2D eigenvalue weighted by Crippen LogP contribution is 2.33. The summed E-state index contributed by atoms with van der Waals surface area (Å²) in [5.41, 5.74) is 0.838. The second kappa shape index (κ2) is 12.8. The molecule has 0 radical (unpaired) electrons. The van der Waals surface area contributed by atoms with Gasteiger partial charge in [0.2, 0.25) is 0 Å². The van der Waals surface area contributed by atoms with Gasteiger partial charge in [-0.2, -0.15) is 13.2 Å². The Morgan fingerprint density at radius 2 is 1.75 bits per heavy atom. The lowest BCUT2D eigenvalue weighted by molar-refractivity contribution is -0.137. The number of morpholine rings is 1. The average Bonchev–Trinajstić information content (AvgIpc) is 2.76. The van der Waals surface area contributed by atoms with Gasteiger partial charge in [0.05, 0.1) is 18.8 Å². The summed E-state index contributed by atoms with van der Waals surface area (Å²) in [4.78, 5) is 10.9. The first kappa shape index (κ1) is 26.9. The molecular formula is C21H34F3IN6O. The lowest BCUT2D eigenvalue weighted by atomic mass is 10.1. The predicted molar refractivity (Wildman–Crippen MR) is 132 cm³/mol. The summed E-state index contributed by atoms with van der Waals surface area (Å²) in [6, 6.07) is 4.02. The fourth-order valence-electron chi connectivity index (χ4n) is 3.82. The summed E-state index contributed by atoms with van der Waals surface area (Å²) in [5, 5.41) is 6.43. The molecule has 182 valence electrons. The second-order valence-electron chi connectivity index (χ2n) is 7.94. The highest BCUT2D eigenvalue weighted by atomic mass is 127. The highest BCUT2D eigenvalue weighted by Gasteiger charge is 2.31. The van der Waals surface area contributed by atoms with Crippen molar-refractivity contribution < 1.29 is 17.9 Å². The summed E-state index contributed by atoms with van der Waals surface area (Å²) in [7, 11) is 3.72. The minimum absolute atomic E-state index is 0. The number of halogens is 4. The molecule has 0 aromatic heterocycles. The first-order valence-corrected chi connectivity index (χ1v) is 10.7. The van der Waals surface area contributed by atoms with Crippen molar-refractivity contribution in [3.05, 3.63) is 29.3 Å². The van der Waals surface area contributed by atoms with Gasteiger partial charge in [-0.3, -0.25) is 9.89 Å². The molecule has 7 nitrogen and oxygen atoms in total. The molecule has 2 saturated heterocycles. The number of likely N-dealkylation sites (N-methyl/N-ethyl adjacent to an activating group) is 1. The van der Waals surface area contributed by atoms with E-state index in [1.165, 1.54) is 12.1 Å². The molecule has 2 heterocycles. The van der Waals surface area contributed by atoms with Crippen LogP contribution < -0.4 is 15.5 Å². The van der Waals surface area contributed by atoms with Crippen LogP contribution in [0.2, 0.25) is 0 Å². The van der Waals surface area contributed by atoms with Gasteiger partial charge in [0.15, 0.2) is 5.96 Å². The SMILES string of the molecule is CN=C(NCCN1CCOCC1)NCc1cc(C(F)(F)F)ccc1N1CCN(C)CC1.I. The van der Waals surface area contributed by atoms with E-state index in [1.807, 2.05) is 0 Å². The molecule has 0 aliphatic carbocycles. The third-order valence-corrected chi connectivity index (χ3v) is 5.74. The normalized spacial score (nSPS) is 18.9. The van der Waals surface area contributed by atoms with Crippen LogP contribution in [0.5, 0.6) is 0 Å². The Morgan fingerprint density at radius 1 is 1.06 bits per heavy atom. The number of hydrogen-bond acceptors (Lipinski definition) is 5. The zero-order valence-electron chi connectivity index (χ0n) is 18.7. The molecular weight excluding hydrogens is 536 g/mol. The summed E-state index contributed by atoms with van der Waals surface area (Å²) in [6.07, 6.45) is -4.37. The molecule has 3 rings (SSSR count). The number of alkyl halides is 3. The number of ether oxygens (including phenoxy) is 1. The van der Waals surface area contributed by atoms with Crippen molar-refractivity contribution in [2.45, 2.75) is 12.7 Å². The maximum Gasteiger partial charge on any atom is 0.416 e. The molecule has 0 bridgehead atoms. The number of nitrogens with zero attached hydrogens (tertiary/aromatic N) is 4. The Balaban J connectivity index is 0.00000363. The van der Waals surface area contributed by atoms with Crippen LogP contribution >= 0.6 is 24.0 Å². The van der Waals surface area contributed by atoms with Gasteiger partial charge in [-0.15, -0.1) is 24.0 Å². The van der Waals surface area contributed by atoms with Gasteiger partial charge in [0, 0.05) is 71.6 Å². The van der Waals surface area contributed by atoms with Crippen LogP contribution in [0.1, 0.15) is 11.1 Å². The van der Waals surface area contributed by atoms with Crippen LogP contribution in [0.15, 0.2) is 23.2 Å². The molecule has 0 atom stereocenters. The Kier molecular flexibility index (Phi) is 10.8. The third kappa shape index (κ3) is 7.92. The lowest BCUT2D eigenvalue weighted by Crippen LogP contribution is -2.45. The van der Waals surface area contributed by atoms with Crippen LogP contribution in [0.4, 0.5) is 18.9 Å². The Morgan fingerprint density at radius 3 is 2.38 bits per heavy atom. The van der Waals surface area contributed by atoms with Crippen LogP contribution in [-0.2, 0) is 17.5 Å². The van der Waals surface area contributed by atoms with E-state index in [-0.39, 0.29) is 30.5 Å². The van der Waals surface area contributed by atoms with Crippen LogP contribution in [-0.4, -0.2) is 95.4 Å². The minimum Gasteiger partial charge on any atom is -0.379 e. The van der Waals surface area contributed by atoms with Crippen molar-refractivity contribution in [2.75, 3.05) is 84.6 Å². The molecule has 0 unspecified atom stereocenters. The molecule has 11 heteroatoms. The molecule has 1 aromatic rings. The number of anilines is 1. The van der Waals surface area contributed by atoms with Crippen molar-refractivity contribution in [1.82, 2.24) is 20.4 Å². The van der Waals surface area contributed by atoms with Gasteiger partial charge < -0.3 is 25.2 Å². The van der Waals surface area contributed by atoms with E-state index < -0.39 is 11.7 Å². The van der Waals surface area contributed by atoms with Gasteiger partial charge in [0.1, 0.15) is 0 Å². The fraction of sp³-hybridized carbons (Fsp3) is 0.667. The van der Waals surface area contributed by atoms with Crippen molar-refractivity contribution >= 4 is 35.6 Å². The van der Waals surface area contributed by atoms with Gasteiger partial charge in [-0.1, -0.05) is 0 Å². The summed E-state index contributed by atoms with van der Waals surface area (Å²) in [5.74, 6) is 0.579. The number of aliphatic imine (C=N–C) groups is 1. The number of rotatable bonds is 6. The van der Waals surface area contributed by atoms with Crippen molar-refractivity contribution in [3.8, 4) is 0 Å². The molecule has 0 spiro atoms. The van der Waals surface area contributed by atoms with E-state index in [0.29, 0.717) is 18.1 Å². The Hall–Kier alpha value is -1.31. The third-order valence-electron chi connectivity index (χ3n) is 5.74. The molecule has 1 aromatic carbocycles. The van der Waals surface area contributed by atoms with E-state index >= 15 is 0 Å². The van der Waals surface area contributed by atoms with E-state index in [2.05, 4.69) is 37.4 Å². The Labute approximate surface area is 205 Å². The molecule has 2 fully saturated rings. The summed E-state index contributed by atoms with van der Waals surface area (Å²) >= 11 is 0. The van der Waals surface area contributed by atoms with Gasteiger partial charge in [-0.05, 0) is 30.8 Å². The van der Waals surface area contributed by atoms with E-state index in [4.69, 9.17) is 4.74 Å². The van der Waals surface area contributed by atoms with Gasteiger partial charge in [-0.25, -0.2) is 0 Å². The molecule has 32 heavy (non-hydrogen) atoms. The summed E-state index contributed by atoms with van der Waals surface area (Å²) < 4.78 is 45.3. The van der Waals surface area contributed by atoms with Gasteiger partial charge in [0.25, 0.3) is 0 Å².